The number of hydrogen-bond donors (Lipinski definition) is 1. The number of fused-ring (bicyclic) bond motifs is 1. The lowest BCUT2D eigenvalue weighted by Crippen LogP contribution is -2.16. The van der Waals surface area contributed by atoms with Crippen LogP contribution in [0.2, 0.25) is 0 Å². The molecule has 0 saturated heterocycles. The Balaban J connectivity index is 1.51. The third-order valence-electron chi connectivity index (χ3n) is 4.07. The van der Waals surface area contributed by atoms with Gasteiger partial charge in [-0.1, -0.05) is 30.3 Å². The van der Waals surface area contributed by atoms with Gasteiger partial charge in [-0.3, -0.25) is 0 Å². The van der Waals surface area contributed by atoms with Crippen LogP contribution in [0.3, 0.4) is 0 Å². The van der Waals surface area contributed by atoms with Crippen LogP contribution in [0.4, 0.5) is 21.8 Å². The third kappa shape index (κ3) is 2.90. The molecule has 0 radical (unpaired) electrons. The van der Waals surface area contributed by atoms with Crippen LogP contribution in [-0.4, -0.2) is 21.7 Å². The van der Waals surface area contributed by atoms with Gasteiger partial charge in [0.05, 0.1) is 6.20 Å². The minimum atomic E-state index is -0.244. The second kappa shape index (κ2) is 6.23. The minimum Gasteiger partial charge on any atom is -0.349 e. The summed E-state index contributed by atoms with van der Waals surface area (Å²) in [6.45, 7) is 1.40. The molecule has 0 saturated carbocycles. The number of nitrogens with one attached hydrogen (secondary N) is 1. The molecule has 0 spiro atoms. The summed E-state index contributed by atoms with van der Waals surface area (Å²) in [5.41, 5.74) is 3.44. The number of para-hydroxylation sites is 1. The van der Waals surface area contributed by atoms with Crippen molar-refractivity contribution < 1.29 is 4.39 Å². The van der Waals surface area contributed by atoms with Crippen molar-refractivity contribution in [2.24, 2.45) is 0 Å². The van der Waals surface area contributed by atoms with E-state index < -0.39 is 0 Å². The topological polar surface area (TPSA) is 53.9 Å². The summed E-state index contributed by atoms with van der Waals surface area (Å²) in [6.07, 6.45) is 2.67. The molecule has 120 valence electrons. The van der Waals surface area contributed by atoms with Gasteiger partial charge in [0.2, 0.25) is 5.95 Å². The van der Waals surface area contributed by atoms with E-state index in [2.05, 4.69) is 43.6 Å². The first-order valence-electron chi connectivity index (χ1n) is 7.83. The van der Waals surface area contributed by atoms with E-state index in [-0.39, 0.29) is 5.82 Å². The summed E-state index contributed by atoms with van der Waals surface area (Å²) in [5, 5.41) is 11.2. The van der Waals surface area contributed by atoms with Crippen LogP contribution in [-0.2, 0) is 13.0 Å². The Hall–Kier alpha value is -3.02. The van der Waals surface area contributed by atoms with Crippen molar-refractivity contribution in [3.63, 3.8) is 0 Å². The highest BCUT2D eigenvalue weighted by molar-refractivity contribution is 5.67. The average Bonchev–Trinajstić information content (AvgIpc) is 3.06. The Morgan fingerprint density at radius 3 is 2.79 bits per heavy atom. The Morgan fingerprint density at radius 2 is 1.92 bits per heavy atom. The largest absolute Gasteiger partial charge is 0.349 e. The van der Waals surface area contributed by atoms with Gasteiger partial charge in [0, 0.05) is 18.8 Å². The zero-order valence-electron chi connectivity index (χ0n) is 13.0. The molecular weight excluding hydrogens is 305 g/mol. The summed E-state index contributed by atoms with van der Waals surface area (Å²) in [7, 11) is 0. The van der Waals surface area contributed by atoms with Crippen LogP contribution >= 0.6 is 0 Å². The van der Waals surface area contributed by atoms with E-state index in [0.29, 0.717) is 12.5 Å². The van der Waals surface area contributed by atoms with Crippen LogP contribution in [0.25, 0.3) is 0 Å². The van der Waals surface area contributed by atoms with Crippen LogP contribution in [0.1, 0.15) is 11.1 Å². The van der Waals surface area contributed by atoms with Gasteiger partial charge in [0.1, 0.15) is 5.82 Å². The number of aromatic nitrogens is 3. The smallest absolute Gasteiger partial charge is 0.244 e. The molecule has 24 heavy (non-hydrogen) atoms. The third-order valence-corrected chi connectivity index (χ3v) is 4.07. The molecule has 1 aliphatic rings. The van der Waals surface area contributed by atoms with Gasteiger partial charge < -0.3 is 10.2 Å². The predicted octanol–water partition coefficient (Wildman–Crippen LogP) is 3.32. The van der Waals surface area contributed by atoms with Crippen molar-refractivity contribution in [2.45, 2.75) is 13.0 Å². The van der Waals surface area contributed by atoms with Crippen LogP contribution in [0.15, 0.2) is 54.7 Å². The van der Waals surface area contributed by atoms with Crippen LogP contribution in [0, 0.1) is 5.82 Å². The fraction of sp³-hybridized carbons (Fsp3) is 0.167. The Morgan fingerprint density at radius 1 is 1.08 bits per heavy atom. The van der Waals surface area contributed by atoms with Gasteiger partial charge in [0.25, 0.3) is 0 Å². The molecule has 0 fully saturated rings. The van der Waals surface area contributed by atoms with Gasteiger partial charge in [-0.2, -0.15) is 10.1 Å². The number of anilines is 3. The quantitative estimate of drug-likeness (QED) is 0.799. The van der Waals surface area contributed by atoms with Crippen LogP contribution in [0.5, 0.6) is 0 Å². The summed E-state index contributed by atoms with van der Waals surface area (Å²) in [4.78, 5) is 6.70. The SMILES string of the molecule is Fc1ccc(CNc2nncc(N3CCc4ccccc43)n2)cc1. The molecule has 2 aromatic carbocycles. The molecule has 0 bridgehead atoms. The monoisotopic (exact) mass is 321 g/mol. The molecule has 3 aromatic rings. The first kappa shape index (κ1) is 14.6. The van der Waals surface area contributed by atoms with Crippen molar-refractivity contribution in [1.29, 1.82) is 0 Å². The highest BCUT2D eigenvalue weighted by Crippen LogP contribution is 2.32. The lowest BCUT2D eigenvalue weighted by Gasteiger charge is -2.18. The van der Waals surface area contributed by atoms with Crippen molar-refractivity contribution >= 4 is 17.5 Å². The van der Waals surface area contributed by atoms with Crippen molar-refractivity contribution in [3.05, 3.63) is 71.7 Å². The van der Waals surface area contributed by atoms with Crippen LogP contribution < -0.4 is 10.2 Å². The Labute approximate surface area is 139 Å². The van der Waals surface area contributed by atoms with Gasteiger partial charge in [-0.15, -0.1) is 5.10 Å². The molecule has 1 N–H and O–H groups in total. The number of halogens is 1. The molecule has 6 heteroatoms. The molecule has 0 unspecified atom stereocenters. The number of hydrogen-bond acceptors (Lipinski definition) is 5. The summed E-state index contributed by atoms with van der Waals surface area (Å²) < 4.78 is 12.9. The molecule has 2 heterocycles. The van der Waals surface area contributed by atoms with Crippen molar-refractivity contribution in [3.8, 4) is 0 Å². The Bertz CT molecular complexity index is 850. The lowest BCUT2D eigenvalue weighted by molar-refractivity contribution is 0.627. The van der Waals surface area contributed by atoms with Gasteiger partial charge in [-0.25, -0.2) is 4.39 Å². The molecule has 1 aliphatic heterocycles. The van der Waals surface area contributed by atoms with E-state index in [1.54, 1.807) is 18.3 Å². The fourth-order valence-corrected chi connectivity index (χ4v) is 2.86. The normalized spacial score (nSPS) is 13.0. The second-order valence-electron chi connectivity index (χ2n) is 5.65. The van der Waals surface area contributed by atoms with E-state index in [4.69, 9.17) is 0 Å². The highest BCUT2D eigenvalue weighted by Gasteiger charge is 2.21. The maximum Gasteiger partial charge on any atom is 0.244 e. The summed E-state index contributed by atoms with van der Waals surface area (Å²) in [6, 6.07) is 14.7. The molecule has 0 atom stereocenters. The first-order valence-corrected chi connectivity index (χ1v) is 7.83. The molecule has 0 amide bonds. The maximum atomic E-state index is 12.9. The van der Waals surface area contributed by atoms with E-state index >= 15 is 0 Å². The molecular formula is C18H16FN5. The highest BCUT2D eigenvalue weighted by atomic mass is 19.1. The number of nitrogens with zero attached hydrogens (tertiary/aromatic N) is 4. The number of benzene rings is 2. The van der Waals surface area contributed by atoms with Gasteiger partial charge in [0.15, 0.2) is 5.82 Å². The molecule has 1 aromatic heterocycles. The fourth-order valence-electron chi connectivity index (χ4n) is 2.86. The van der Waals surface area contributed by atoms with E-state index in [0.717, 1.165) is 24.3 Å². The lowest BCUT2D eigenvalue weighted by atomic mass is 10.2. The summed E-state index contributed by atoms with van der Waals surface area (Å²) >= 11 is 0. The van der Waals surface area contributed by atoms with Gasteiger partial charge >= 0.3 is 0 Å². The van der Waals surface area contributed by atoms with Crippen molar-refractivity contribution in [1.82, 2.24) is 15.2 Å². The molecule has 0 aliphatic carbocycles. The number of rotatable bonds is 4. The van der Waals surface area contributed by atoms with E-state index in [9.17, 15) is 4.39 Å². The zero-order valence-corrected chi connectivity index (χ0v) is 13.0. The summed E-state index contributed by atoms with van der Waals surface area (Å²) in [5.74, 6) is 0.990. The van der Waals surface area contributed by atoms with Gasteiger partial charge in [-0.05, 0) is 35.7 Å². The predicted molar refractivity (Wildman–Crippen MR) is 90.7 cm³/mol. The minimum absolute atomic E-state index is 0.244. The van der Waals surface area contributed by atoms with E-state index in [1.807, 2.05) is 6.07 Å². The standard InChI is InChI=1S/C18H16FN5/c19-15-7-5-13(6-8-15)11-20-18-22-17(12-21-23-18)24-10-9-14-3-1-2-4-16(14)24/h1-8,12H,9-11H2,(H,20,22,23). The molecule has 4 rings (SSSR count). The first-order chi connectivity index (χ1) is 11.8. The Kier molecular flexibility index (Phi) is 3.78. The second-order valence-corrected chi connectivity index (χ2v) is 5.65. The molecule has 5 nitrogen and oxygen atoms in total. The average molecular weight is 321 g/mol. The van der Waals surface area contributed by atoms with Crippen molar-refractivity contribution in [2.75, 3.05) is 16.8 Å². The maximum absolute atomic E-state index is 12.9. The zero-order chi connectivity index (χ0) is 16.4. The van der Waals surface area contributed by atoms with E-state index in [1.165, 1.54) is 23.4 Å².